The van der Waals surface area contributed by atoms with Crippen molar-refractivity contribution in [1.29, 1.82) is 0 Å². The molecule has 0 bridgehead atoms. The largest absolute Gasteiger partial charge is 0.389 e. The molecule has 0 aromatic heterocycles. The van der Waals surface area contributed by atoms with Crippen LogP contribution >= 0.6 is 0 Å². The Morgan fingerprint density at radius 1 is 1.31 bits per heavy atom. The number of hydrogen-bond acceptors (Lipinski definition) is 3. The molecular formula is C12H22N2O2. The van der Waals surface area contributed by atoms with Crippen molar-refractivity contribution in [3.8, 4) is 0 Å². The topological polar surface area (TPSA) is 66.6 Å². The Morgan fingerprint density at radius 2 is 1.88 bits per heavy atom. The van der Waals surface area contributed by atoms with E-state index in [1.807, 2.05) is 0 Å². The first-order chi connectivity index (χ1) is 7.59. The number of carbonyl (C=O) groups is 1. The van der Waals surface area contributed by atoms with E-state index in [-0.39, 0.29) is 11.8 Å². The lowest BCUT2D eigenvalue weighted by molar-refractivity contribution is -0.123. The van der Waals surface area contributed by atoms with Crippen LogP contribution in [0.5, 0.6) is 0 Å². The van der Waals surface area contributed by atoms with Crippen LogP contribution in [0.25, 0.3) is 0 Å². The molecule has 1 saturated heterocycles. The molecule has 0 radical (unpaired) electrons. The molecule has 0 spiro atoms. The van der Waals surface area contributed by atoms with E-state index < -0.39 is 5.60 Å². The van der Waals surface area contributed by atoms with Crippen molar-refractivity contribution in [2.75, 3.05) is 19.6 Å². The lowest BCUT2D eigenvalue weighted by Gasteiger charge is -2.35. The van der Waals surface area contributed by atoms with Gasteiger partial charge in [-0.1, -0.05) is 12.8 Å². The average Bonchev–Trinajstić information content (AvgIpc) is 2.65. The second-order valence-electron chi connectivity index (χ2n) is 5.38. The van der Waals surface area contributed by atoms with Crippen molar-refractivity contribution in [2.24, 2.45) is 11.7 Å². The maximum atomic E-state index is 11.0. The van der Waals surface area contributed by atoms with Crippen molar-refractivity contribution in [3.63, 3.8) is 0 Å². The van der Waals surface area contributed by atoms with Crippen molar-refractivity contribution in [1.82, 2.24) is 4.90 Å². The van der Waals surface area contributed by atoms with Gasteiger partial charge in [-0.2, -0.15) is 0 Å². The first-order valence-electron chi connectivity index (χ1n) is 6.33. The van der Waals surface area contributed by atoms with Crippen LogP contribution in [0.1, 0.15) is 38.5 Å². The van der Waals surface area contributed by atoms with Crippen LogP contribution in [0.3, 0.4) is 0 Å². The van der Waals surface area contributed by atoms with E-state index >= 15 is 0 Å². The number of carbonyl (C=O) groups excluding carboxylic acids is 1. The van der Waals surface area contributed by atoms with Gasteiger partial charge in [0.25, 0.3) is 0 Å². The minimum atomic E-state index is -0.459. The predicted octanol–water partition coefficient (Wildman–Crippen LogP) is 0.489. The molecule has 0 atom stereocenters. The summed E-state index contributed by atoms with van der Waals surface area (Å²) < 4.78 is 0. The molecule has 1 aliphatic carbocycles. The third kappa shape index (κ3) is 2.74. The zero-order valence-corrected chi connectivity index (χ0v) is 9.82. The van der Waals surface area contributed by atoms with Crippen LogP contribution in [0, 0.1) is 5.92 Å². The maximum absolute atomic E-state index is 11.0. The number of nitrogens with two attached hydrogens (primary N) is 1. The van der Waals surface area contributed by atoms with Crippen molar-refractivity contribution >= 4 is 5.91 Å². The minimum Gasteiger partial charge on any atom is -0.389 e. The van der Waals surface area contributed by atoms with E-state index in [1.54, 1.807) is 0 Å². The van der Waals surface area contributed by atoms with Crippen LogP contribution in [0.15, 0.2) is 0 Å². The number of likely N-dealkylation sites (tertiary alicyclic amines) is 1. The van der Waals surface area contributed by atoms with E-state index in [9.17, 15) is 9.90 Å². The number of hydrogen-bond donors (Lipinski definition) is 2. The highest BCUT2D eigenvalue weighted by Gasteiger charge is 2.34. The number of amides is 1. The average molecular weight is 226 g/mol. The fourth-order valence-electron chi connectivity index (χ4n) is 2.98. The summed E-state index contributed by atoms with van der Waals surface area (Å²) in [6.45, 7) is 2.57. The zero-order valence-electron chi connectivity index (χ0n) is 9.82. The quantitative estimate of drug-likeness (QED) is 0.736. The van der Waals surface area contributed by atoms with E-state index in [0.29, 0.717) is 0 Å². The normalized spacial score (nSPS) is 27.1. The van der Waals surface area contributed by atoms with Crippen LogP contribution < -0.4 is 5.73 Å². The zero-order chi connectivity index (χ0) is 11.6. The highest BCUT2D eigenvalue weighted by molar-refractivity contribution is 5.76. The van der Waals surface area contributed by atoms with Crippen LogP contribution in [-0.2, 0) is 4.79 Å². The van der Waals surface area contributed by atoms with E-state index in [0.717, 1.165) is 58.2 Å². The molecule has 1 heterocycles. The number of aliphatic hydroxyl groups is 1. The van der Waals surface area contributed by atoms with Gasteiger partial charge in [-0.3, -0.25) is 4.79 Å². The van der Waals surface area contributed by atoms with Gasteiger partial charge in [0.1, 0.15) is 0 Å². The third-order valence-electron chi connectivity index (χ3n) is 4.04. The first-order valence-corrected chi connectivity index (χ1v) is 6.33. The Bertz CT molecular complexity index is 254. The molecule has 3 N–H and O–H groups in total. The standard InChI is InChI=1S/C12H22N2O2/c13-11(15)10-3-7-14(8-4-10)9-12(16)5-1-2-6-12/h10,16H,1-9H2,(H2,13,15). The number of piperidine rings is 1. The molecule has 1 aliphatic heterocycles. The van der Waals surface area contributed by atoms with Gasteiger partial charge in [0.15, 0.2) is 0 Å². The van der Waals surface area contributed by atoms with Gasteiger partial charge in [-0.25, -0.2) is 0 Å². The molecule has 2 rings (SSSR count). The molecule has 2 fully saturated rings. The van der Waals surface area contributed by atoms with Gasteiger partial charge in [-0.05, 0) is 38.8 Å². The fraction of sp³-hybridized carbons (Fsp3) is 0.917. The van der Waals surface area contributed by atoms with Gasteiger partial charge in [-0.15, -0.1) is 0 Å². The SMILES string of the molecule is NC(=O)C1CCN(CC2(O)CCCC2)CC1. The van der Waals surface area contributed by atoms with Crippen molar-refractivity contribution in [2.45, 2.75) is 44.1 Å². The van der Waals surface area contributed by atoms with Crippen molar-refractivity contribution in [3.05, 3.63) is 0 Å². The predicted molar refractivity (Wildman–Crippen MR) is 61.8 cm³/mol. The molecule has 0 aromatic rings. The molecular weight excluding hydrogens is 204 g/mol. The first kappa shape index (κ1) is 11.9. The molecule has 0 aromatic carbocycles. The molecule has 4 heteroatoms. The van der Waals surface area contributed by atoms with Crippen molar-refractivity contribution < 1.29 is 9.90 Å². The molecule has 16 heavy (non-hydrogen) atoms. The number of β-amino-alcohol motifs (C(OH)–C–C–N with tert-alkyl or cyclic N) is 1. The van der Waals surface area contributed by atoms with Crippen LogP contribution in [-0.4, -0.2) is 41.1 Å². The maximum Gasteiger partial charge on any atom is 0.220 e. The summed E-state index contributed by atoms with van der Waals surface area (Å²) in [5.41, 5.74) is 4.84. The molecule has 1 saturated carbocycles. The Kier molecular flexibility index (Phi) is 3.50. The van der Waals surface area contributed by atoms with Gasteiger partial charge < -0.3 is 15.7 Å². The summed E-state index contributed by atoms with van der Waals surface area (Å²) >= 11 is 0. The molecule has 2 aliphatic rings. The fourth-order valence-corrected chi connectivity index (χ4v) is 2.98. The van der Waals surface area contributed by atoms with Gasteiger partial charge >= 0.3 is 0 Å². The van der Waals surface area contributed by atoms with E-state index in [2.05, 4.69) is 4.90 Å². The van der Waals surface area contributed by atoms with Gasteiger partial charge in [0.2, 0.25) is 5.91 Å². The molecule has 92 valence electrons. The van der Waals surface area contributed by atoms with Gasteiger partial charge in [0.05, 0.1) is 5.60 Å². The van der Waals surface area contributed by atoms with Gasteiger partial charge in [0, 0.05) is 12.5 Å². The van der Waals surface area contributed by atoms with E-state index in [1.165, 1.54) is 0 Å². The Hall–Kier alpha value is -0.610. The molecule has 1 amide bonds. The Morgan fingerprint density at radius 3 is 2.38 bits per heavy atom. The summed E-state index contributed by atoms with van der Waals surface area (Å²) in [5, 5.41) is 10.3. The molecule has 0 unspecified atom stereocenters. The summed E-state index contributed by atoms with van der Waals surface area (Å²) in [6, 6.07) is 0. The lowest BCUT2D eigenvalue weighted by atomic mass is 9.94. The van der Waals surface area contributed by atoms with Crippen LogP contribution in [0.4, 0.5) is 0 Å². The monoisotopic (exact) mass is 226 g/mol. The summed E-state index contributed by atoms with van der Waals surface area (Å²) in [6.07, 6.45) is 5.87. The number of primary amides is 1. The lowest BCUT2D eigenvalue weighted by Crippen LogP contribution is -2.46. The minimum absolute atomic E-state index is 0.0504. The second kappa shape index (κ2) is 4.72. The second-order valence-corrected chi connectivity index (χ2v) is 5.38. The Labute approximate surface area is 96.8 Å². The van der Waals surface area contributed by atoms with Crippen LogP contribution in [0.2, 0.25) is 0 Å². The Balaban J connectivity index is 1.79. The summed E-state index contributed by atoms with van der Waals surface area (Å²) in [5.74, 6) is -0.117. The number of rotatable bonds is 3. The highest BCUT2D eigenvalue weighted by Crippen LogP contribution is 2.31. The third-order valence-corrected chi connectivity index (χ3v) is 4.04. The highest BCUT2D eigenvalue weighted by atomic mass is 16.3. The summed E-state index contributed by atoms with van der Waals surface area (Å²) in [7, 11) is 0. The number of nitrogens with zero attached hydrogens (tertiary/aromatic N) is 1. The van der Waals surface area contributed by atoms with E-state index in [4.69, 9.17) is 5.73 Å². The summed E-state index contributed by atoms with van der Waals surface area (Å²) in [4.78, 5) is 13.3. The smallest absolute Gasteiger partial charge is 0.220 e. The molecule has 4 nitrogen and oxygen atoms in total.